The van der Waals surface area contributed by atoms with Crippen molar-refractivity contribution in [2.45, 2.75) is 26.1 Å². The number of benzene rings is 1. The van der Waals surface area contributed by atoms with Crippen LogP contribution in [0.1, 0.15) is 35.8 Å². The lowest BCUT2D eigenvalue weighted by Gasteiger charge is -2.12. The van der Waals surface area contributed by atoms with Crippen LogP contribution in [0.3, 0.4) is 0 Å². The van der Waals surface area contributed by atoms with Crippen molar-refractivity contribution in [3.05, 3.63) is 52.8 Å². The average molecular weight is 383 g/mol. The van der Waals surface area contributed by atoms with Gasteiger partial charge < -0.3 is 5.32 Å². The minimum atomic E-state index is -4.61. The summed E-state index contributed by atoms with van der Waals surface area (Å²) in [5.74, 6) is -0.577. The number of anilines is 1. The van der Waals surface area contributed by atoms with Crippen LogP contribution in [0.2, 0.25) is 5.02 Å². The van der Waals surface area contributed by atoms with E-state index < -0.39 is 22.7 Å². The molecule has 1 amide bonds. The number of amides is 1. The fraction of sp³-hybridized carbons (Fsp3) is 0.235. The lowest BCUT2D eigenvalue weighted by molar-refractivity contribution is -0.137. The average Bonchev–Trinajstić information content (AvgIpc) is 2.98. The predicted molar refractivity (Wildman–Crippen MR) is 92.3 cm³/mol. The fourth-order valence-electron chi connectivity index (χ4n) is 2.47. The number of rotatable bonds is 3. The molecule has 136 valence electrons. The molecule has 0 atom stereocenters. The Hall–Kier alpha value is -2.61. The molecule has 0 unspecified atom stereocenters. The van der Waals surface area contributed by atoms with Gasteiger partial charge in [0, 0.05) is 23.3 Å². The molecule has 0 fully saturated rings. The second-order valence-electron chi connectivity index (χ2n) is 5.97. The van der Waals surface area contributed by atoms with Gasteiger partial charge in [0.25, 0.3) is 5.91 Å². The lowest BCUT2D eigenvalue weighted by Crippen LogP contribution is -2.14. The van der Waals surface area contributed by atoms with Gasteiger partial charge in [-0.3, -0.25) is 4.79 Å². The number of nitrogens with zero attached hydrogens (tertiary/aromatic N) is 3. The number of hydrogen-bond acceptors (Lipinski definition) is 3. The van der Waals surface area contributed by atoms with Crippen molar-refractivity contribution in [1.29, 1.82) is 0 Å². The monoisotopic (exact) mass is 382 g/mol. The fourth-order valence-corrected chi connectivity index (χ4v) is 2.69. The van der Waals surface area contributed by atoms with Gasteiger partial charge in [0.2, 0.25) is 0 Å². The van der Waals surface area contributed by atoms with Gasteiger partial charge in [0.15, 0.2) is 5.65 Å². The largest absolute Gasteiger partial charge is 0.417 e. The van der Waals surface area contributed by atoms with E-state index in [0.717, 1.165) is 12.1 Å². The first-order chi connectivity index (χ1) is 12.2. The number of fused-ring (bicyclic) bond motifs is 1. The van der Waals surface area contributed by atoms with Crippen molar-refractivity contribution in [3.63, 3.8) is 0 Å². The molecule has 2 heterocycles. The van der Waals surface area contributed by atoms with Crippen LogP contribution in [-0.2, 0) is 6.18 Å². The van der Waals surface area contributed by atoms with Gasteiger partial charge >= 0.3 is 6.18 Å². The van der Waals surface area contributed by atoms with E-state index in [-0.39, 0.29) is 17.3 Å². The highest BCUT2D eigenvalue weighted by atomic mass is 35.5. The van der Waals surface area contributed by atoms with Crippen LogP contribution >= 0.6 is 11.6 Å². The summed E-state index contributed by atoms with van der Waals surface area (Å²) in [5, 5.41) is 6.87. The predicted octanol–water partition coefficient (Wildman–Crippen LogP) is 4.94. The first kappa shape index (κ1) is 18.2. The molecule has 3 aromatic rings. The number of nitrogens with one attached hydrogen (secondary N) is 1. The number of hydrogen-bond donors (Lipinski definition) is 1. The Balaban J connectivity index is 1.88. The van der Waals surface area contributed by atoms with Crippen molar-refractivity contribution < 1.29 is 18.0 Å². The zero-order valence-corrected chi connectivity index (χ0v) is 14.6. The molecular formula is C17H14ClF3N4O. The second kappa shape index (κ2) is 6.60. The minimum Gasteiger partial charge on any atom is -0.322 e. The number of halogens is 4. The molecule has 0 saturated heterocycles. The molecule has 5 nitrogen and oxygen atoms in total. The molecule has 3 rings (SSSR count). The van der Waals surface area contributed by atoms with Gasteiger partial charge in [-0.1, -0.05) is 11.6 Å². The molecule has 26 heavy (non-hydrogen) atoms. The standard InChI is InChI=1S/C17H14ClF3N4O/c1-9(2)25-15-10(8-23-25)5-11(7-22-15)16(26)24-12-3-4-14(18)13(6-12)17(19,20)21/h3-9H,1-2H3,(H,24,26). The van der Waals surface area contributed by atoms with Gasteiger partial charge in [0.1, 0.15) is 0 Å². The van der Waals surface area contributed by atoms with Crippen molar-refractivity contribution in [3.8, 4) is 0 Å². The third kappa shape index (κ3) is 3.50. The van der Waals surface area contributed by atoms with Gasteiger partial charge in [-0.25, -0.2) is 9.67 Å². The molecule has 0 bridgehead atoms. The summed E-state index contributed by atoms with van der Waals surface area (Å²) < 4.78 is 40.5. The minimum absolute atomic E-state index is 0.00954. The Morgan fingerprint density at radius 2 is 1.96 bits per heavy atom. The molecule has 0 aliphatic carbocycles. The quantitative estimate of drug-likeness (QED) is 0.698. The van der Waals surface area contributed by atoms with Crippen molar-refractivity contribution >= 4 is 34.2 Å². The summed E-state index contributed by atoms with van der Waals surface area (Å²) in [7, 11) is 0. The Bertz CT molecular complexity index is 982. The molecular weight excluding hydrogens is 369 g/mol. The Kier molecular flexibility index (Phi) is 4.62. The van der Waals surface area contributed by atoms with E-state index in [4.69, 9.17) is 11.6 Å². The second-order valence-corrected chi connectivity index (χ2v) is 6.37. The maximum Gasteiger partial charge on any atom is 0.417 e. The Morgan fingerprint density at radius 3 is 2.62 bits per heavy atom. The van der Waals surface area contributed by atoms with E-state index in [2.05, 4.69) is 15.4 Å². The van der Waals surface area contributed by atoms with Crippen LogP contribution in [-0.4, -0.2) is 20.7 Å². The highest BCUT2D eigenvalue weighted by Gasteiger charge is 2.33. The first-order valence-electron chi connectivity index (χ1n) is 7.68. The highest BCUT2D eigenvalue weighted by molar-refractivity contribution is 6.31. The van der Waals surface area contributed by atoms with E-state index in [0.29, 0.717) is 11.0 Å². The van der Waals surface area contributed by atoms with Crippen molar-refractivity contribution in [2.24, 2.45) is 0 Å². The smallest absolute Gasteiger partial charge is 0.322 e. The maximum absolute atomic E-state index is 12.9. The molecule has 9 heteroatoms. The van der Waals surface area contributed by atoms with Crippen LogP contribution in [0, 0.1) is 0 Å². The Morgan fingerprint density at radius 1 is 1.23 bits per heavy atom. The zero-order chi connectivity index (χ0) is 19.1. The van der Waals surface area contributed by atoms with E-state index in [1.54, 1.807) is 16.9 Å². The van der Waals surface area contributed by atoms with Gasteiger partial charge in [-0.05, 0) is 38.1 Å². The molecule has 0 aliphatic rings. The molecule has 2 aromatic heterocycles. The zero-order valence-electron chi connectivity index (χ0n) is 13.8. The maximum atomic E-state index is 12.9. The SMILES string of the molecule is CC(C)n1ncc2cc(C(=O)Nc3ccc(Cl)c(C(F)(F)F)c3)cnc21. The lowest BCUT2D eigenvalue weighted by atomic mass is 10.1. The van der Waals surface area contributed by atoms with Crippen LogP contribution < -0.4 is 5.32 Å². The third-order valence-electron chi connectivity index (χ3n) is 3.71. The molecule has 0 saturated carbocycles. The summed E-state index contributed by atoms with van der Waals surface area (Å²) in [4.78, 5) is 16.6. The number of aromatic nitrogens is 3. The number of carbonyl (C=O) groups excluding carboxylic acids is 1. The van der Waals surface area contributed by atoms with Crippen LogP contribution in [0.5, 0.6) is 0 Å². The van der Waals surface area contributed by atoms with Gasteiger partial charge in [-0.2, -0.15) is 18.3 Å². The van der Waals surface area contributed by atoms with Crippen LogP contribution in [0.25, 0.3) is 11.0 Å². The third-order valence-corrected chi connectivity index (χ3v) is 4.04. The van der Waals surface area contributed by atoms with Crippen molar-refractivity contribution in [2.75, 3.05) is 5.32 Å². The first-order valence-corrected chi connectivity index (χ1v) is 8.06. The van der Waals surface area contributed by atoms with Crippen LogP contribution in [0.4, 0.5) is 18.9 Å². The molecule has 0 radical (unpaired) electrons. The number of alkyl halides is 3. The Labute approximate surface area is 151 Å². The summed E-state index contributed by atoms with van der Waals surface area (Å²) in [5.41, 5.74) is -0.180. The summed E-state index contributed by atoms with van der Waals surface area (Å²) >= 11 is 5.58. The summed E-state index contributed by atoms with van der Waals surface area (Å²) in [6, 6.07) is 4.88. The van der Waals surface area contributed by atoms with Crippen molar-refractivity contribution in [1.82, 2.24) is 14.8 Å². The highest BCUT2D eigenvalue weighted by Crippen LogP contribution is 2.36. The number of pyridine rings is 1. The van der Waals surface area contributed by atoms with E-state index in [1.165, 1.54) is 12.3 Å². The number of carbonyl (C=O) groups is 1. The molecule has 1 aromatic carbocycles. The topological polar surface area (TPSA) is 59.8 Å². The molecule has 1 N–H and O–H groups in total. The molecule has 0 spiro atoms. The van der Waals surface area contributed by atoms with Crippen LogP contribution in [0.15, 0.2) is 36.7 Å². The van der Waals surface area contributed by atoms with Gasteiger partial charge in [0.05, 0.1) is 22.3 Å². The normalized spacial score (nSPS) is 12.0. The summed E-state index contributed by atoms with van der Waals surface area (Å²) in [6.07, 6.45) is -1.66. The van der Waals surface area contributed by atoms with E-state index in [1.807, 2.05) is 13.8 Å². The van der Waals surface area contributed by atoms with E-state index >= 15 is 0 Å². The van der Waals surface area contributed by atoms with Gasteiger partial charge in [-0.15, -0.1) is 0 Å². The van der Waals surface area contributed by atoms with E-state index in [9.17, 15) is 18.0 Å². The molecule has 0 aliphatic heterocycles. The summed E-state index contributed by atoms with van der Waals surface area (Å²) in [6.45, 7) is 3.90.